The second-order valence-corrected chi connectivity index (χ2v) is 3.71. The molecule has 0 atom stereocenters. The Morgan fingerprint density at radius 1 is 1.38 bits per heavy atom. The quantitative estimate of drug-likeness (QED) is 0.483. The van der Waals surface area contributed by atoms with E-state index >= 15 is 0 Å². The molecule has 0 radical (unpaired) electrons. The number of rotatable bonds is 4. The molecule has 2 aromatic rings. The van der Waals surface area contributed by atoms with E-state index in [0.29, 0.717) is 0 Å². The Kier molecular flexibility index (Phi) is 4.02. The highest BCUT2D eigenvalue weighted by atomic mass is 19.1. The summed E-state index contributed by atoms with van der Waals surface area (Å²) in [6, 6.07) is 2.73. The molecule has 0 N–H and O–H groups in total. The average molecular weight is 293 g/mol. The van der Waals surface area contributed by atoms with Crippen LogP contribution in [0.15, 0.2) is 30.6 Å². The first-order chi connectivity index (χ1) is 10.0. The zero-order chi connectivity index (χ0) is 15.4. The summed E-state index contributed by atoms with van der Waals surface area (Å²) in [6.07, 6.45) is 2.26. The van der Waals surface area contributed by atoms with Gasteiger partial charge in [-0.05, 0) is 6.07 Å². The molecule has 0 aliphatic rings. The Morgan fingerprint density at radius 3 is 2.81 bits per heavy atom. The van der Waals surface area contributed by atoms with Gasteiger partial charge in [-0.15, -0.1) is 0 Å². The Hall–Kier alpha value is -3.10. The summed E-state index contributed by atoms with van der Waals surface area (Å²) >= 11 is 0. The first-order valence-corrected chi connectivity index (χ1v) is 5.53. The summed E-state index contributed by atoms with van der Waals surface area (Å²) in [6.45, 7) is 0. The summed E-state index contributed by atoms with van der Waals surface area (Å²) in [5.74, 6) is -2.02. The van der Waals surface area contributed by atoms with Gasteiger partial charge in [0.05, 0.1) is 24.4 Å². The predicted molar refractivity (Wildman–Crippen MR) is 66.5 cm³/mol. The second-order valence-electron chi connectivity index (χ2n) is 3.71. The van der Waals surface area contributed by atoms with Crippen molar-refractivity contribution in [3.8, 4) is 11.6 Å². The lowest BCUT2D eigenvalue weighted by molar-refractivity contribution is -0.385. The molecular formula is C12H8FN3O5. The van der Waals surface area contributed by atoms with Crippen LogP contribution in [0.25, 0.3) is 0 Å². The van der Waals surface area contributed by atoms with Crippen LogP contribution in [0, 0.1) is 15.9 Å². The van der Waals surface area contributed by atoms with Crippen LogP contribution in [-0.2, 0) is 4.74 Å². The first kappa shape index (κ1) is 14.3. The Bertz CT molecular complexity index is 707. The third kappa shape index (κ3) is 3.26. The van der Waals surface area contributed by atoms with E-state index in [-0.39, 0.29) is 17.3 Å². The van der Waals surface area contributed by atoms with Gasteiger partial charge in [0.15, 0.2) is 5.69 Å². The molecule has 0 saturated heterocycles. The van der Waals surface area contributed by atoms with Crippen molar-refractivity contribution in [1.82, 2.24) is 9.97 Å². The lowest BCUT2D eigenvalue weighted by Crippen LogP contribution is -2.05. The van der Waals surface area contributed by atoms with Crippen LogP contribution in [0.1, 0.15) is 10.5 Å². The van der Waals surface area contributed by atoms with Crippen molar-refractivity contribution in [1.29, 1.82) is 0 Å². The minimum Gasteiger partial charge on any atom is -0.464 e. The lowest BCUT2D eigenvalue weighted by atomic mass is 10.3. The fraction of sp³-hybridized carbons (Fsp3) is 0.0833. The molecule has 0 bridgehead atoms. The smallest absolute Gasteiger partial charge is 0.358 e. The van der Waals surface area contributed by atoms with Gasteiger partial charge >= 0.3 is 11.7 Å². The molecule has 1 heterocycles. The fourth-order valence-corrected chi connectivity index (χ4v) is 1.43. The van der Waals surface area contributed by atoms with E-state index in [9.17, 15) is 19.3 Å². The van der Waals surface area contributed by atoms with E-state index in [1.54, 1.807) is 0 Å². The van der Waals surface area contributed by atoms with Gasteiger partial charge in [-0.2, -0.15) is 0 Å². The maximum absolute atomic E-state index is 13.2. The molecule has 0 fully saturated rings. The van der Waals surface area contributed by atoms with Crippen molar-refractivity contribution in [2.75, 3.05) is 7.11 Å². The number of aromatic nitrogens is 2. The van der Waals surface area contributed by atoms with Gasteiger partial charge in [0.1, 0.15) is 5.82 Å². The van der Waals surface area contributed by atoms with Crippen LogP contribution in [-0.4, -0.2) is 28.0 Å². The first-order valence-electron chi connectivity index (χ1n) is 5.53. The van der Waals surface area contributed by atoms with Crippen molar-refractivity contribution in [2.45, 2.75) is 0 Å². The summed E-state index contributed by atoms with van der Waals surface area (Å²) in [4.78, 5) is 28.9. The molecule has 2 rings (SSSR count). The van der Waals surface area contributed by atoms with Crippen molar-refractivity contribution < 1.29 is 23.6 Å². The standard InChI is InChI=1S/C12H8FN3O5/c1-20-12(17)8-5-14-6-11(15-8)21-10-4-7(13)2-3-9(10)16(18)19/h2-6H,1H3. The summed E-state index contributed by atoms with van der Waals surface area (Å²) in [5.41, 5.74) is -0.587. The topological polar surface area (TPSA) is 104 Å². The predicted octanol–water partition coefficient (Wildman–Crippen LogP) is 2.10. The number of hydrogen-bond acceptors (Lipinski definition) is 7. The van der Waals surface area contributed by atoms with Gasteiger partial charge in [-0.3, -0.25) is 15.1 Å². The van der Waals surface area contributed by atoms with Crippen molar-refractivity contribution >= 4 is 11.7 Å². The number of hydrogen-bond donors (Lipinski definition) is 0. The van der Waals surface area contributed by atoms with E-state index in [1.165, 1.54) is 0 Å². The lowest BCUT2D eigenvalue weighted by Gasteiger charge is -2.06. The van der Waals surface area contributed by atoms with Crippen LogP contribution < -0.4 is 4.74 Å². The number of esters is 1. The molecule has 0 spiro atoms. The number of ether oxygens (including phenoxy) is 2. The molecule has 8 nitrogen and oxygen atoms in total. The number of nitro groups is 1. The minimum atomic E-state index is -0.748. The number of methoxy groups -OCH3 is 1. The molecule has 0 saturated carbocycles. The normalized spacial score (nSPS) is 10.0. The van der Waals surface area contributed by atoms with Gasteiger partial charge in [0.25, 0.3) is 0 Å². The third-order valence-corrected chi connectivity index (χ3v) is 2.34. The van der Waals surface area contributed by atoms with Crippen LogP contribution >= 0.6 is 0 Å². The molecule has 1 aromatic heterocycles. The molecule has 9 heteroatoms. The molecule has 0 unspecified atom stereocenters. The van der Waals surface area contributed by atoms with Crippen LogP contribution in [0.2, 0.25) is 0 Å². The number of nitrogens with zero attached hydrogens (tertiary/aromatic N) is 3. The molecule has 0 aliphatic carbocycles. The fourth-order valence-electron chi connectivity index (χ4n) is 1.43. The number of nitro benzene ring substituents is 1. The van der Waals surface area contributed by atoms with E-state index in [2.05, 4.69) is 14.7 Å². The Balaban J connectivity index is 2.36. The van der Waals surface area contributed by atoms with Gasteiger partial charge in [0, 0.05) is 12.1 Å². The highest BCUT2D eigenvalue weighted by Gasteiger charge is 2.18. The zero-order valence-electron chi connectivity index (χ0n) is 10.6. The maximum Gasteiger partial charge on any atom is 0.358 e. The highest BCUT2D eigenvalue weighted by Crippen LogP contribution is 2.30. The zero-order valence-corrected chi connectivity index (χ0v) is 10.6. The SMILES string of the molecule is COC(=O)c1cncc(Oc2cc(F)ccc2[N+](=O)[O-])n1. The molecule has 0 aliphatic heterocycles. The second kappa shape index (κ2) is 5.90. The molecule has 0 amide bonds. The Labute approximate surface area is 117 Å². The highest BCUT2D eigenvalue weighted by molar-refractivity contribution is 5.86. The molecule has 108 valence electrons. The molecule has 21 heavy (non-hydrogen) atoms. The number of halogens is 1. The molecule has 1 aromatic carbocycles. The van der Waals surface area contributed by atoms with Gasteiger partial charge < -0.3 is 9.47 Å². The summed E-state index contributed by atoms with van der Waals surface area (Å²) in [5, 5.41) is 10.8. The maximum atomic E-state index is 13.2. The van der Waals surface area contributed by atoms with Crippen molar-refractivity contribution in [3.63, 3.8) is 0 Å². The van der Waals surface area contributed by atoms with Gasteiger partial charge in [0.2, 0.25) is 11.6 Å². The van der Waals surface area contributed by atoms with E-state index in [0.717, 1.165) is 37.7 Å². The molecular weight excluding hydrogens is 285 g/mol. The summed E-state index contributed by atoms with van der Waals surface area (Å²) < 4.78 is 22.7. The monoisotopic (exact) mass is 293 g/mol. The van der Waals surface area contributed by atoms with Gasteiger partial charge in [-0.25, -0.2) is 14.2 Å². The number of carbonyl (C=O) groups excluding carboxylic acids is 1. The number of benzene rings is 1. The van der Waals surface area contributed by atoms with Crippen LogP contribution in [0.3, 0.4) is 0 Å². The minimum absolute atomic E-state index is 0.144. The van der Waals surface area contributed by atoms with E-state index < -0.39 is 22.4 Å². The average Bonchev–Trinajstić information content (AvgIpc) is 2.46. The van der Waals surface area contributed by atoms with E-state index in [4.69, 9.17) is 4.74 Å². The van der Waals surface area contributed by atoms with Crippen LogP contribution in [0.5, 0.6) is 11.6 Å². The van der Waals surface area contributed by atoms with Crippen LogP contribution in [0.4, 0.5) is 10.1 Å². The van der Waals surface area contributed by atoms with E-state index in [1.807, 2.05) is 0 Å². The largest absolute Gasteiger partial charge is 0.464 e. The Morgan fingerprint density at radius 2 is 2.14 bits per heavy atom. The van der Waals surface area contributed by atoms with Gasteiger partial charge in [-0.1, -0.05) is 0 Å². The van der Waals surface area contributed by atoms with Crippen molar-refractivity contribution in [3.05, 3.63) is 52.2 Å². The summed E-state index contributed by atoms with van der Waals surface area (Å²) in [7, 11) is 1.16. The third-order valence-electron chi connectivity index (χ3n) is 2.34. The number of carbonyl (C=O) groups is 1. The van der Waals surface area contributed by atoms with Crippen molar-refractivity contribution in [2.24, 2.45) is 0 Å².